The molecule has 1 aromatic carbocycles. The van der Waals surface area contributed by atoms with Crippen LogP contribution in [0.15, 0.2) is 39.9 Å². The van der Waals surface area contributed by atoms with Crippen molar-refractivity contribution in [3.05, 3.63) is 47.7 Å². The highest BCUT2D eigenvalue weighted by Gasteiger charge is 2.47. The van der Waals surface area contributed by atoms with Crippen LogP contribution >= 0.6 is 0 Å². The van der Waals surface area contributed by atoms with Gasteiger partial charge in [-0.1, -0.05) is 17.3 Å². The van der Waals surface area contributed by atoms with Gasteiger partial charge in [0.25, 0.3) is 5.89 Å². The summed E-state index contributed by atoms with van der Waals surface area (Å²) in [6.07, 6.45) is 1.83. The second kappa shape index (κ2) is 5.83. The molecule has 0 radical (unpaired) electrons. The number of benzene rings is 1. The number of β-amino-alcohol motifs (C(OH)–C–C–N with tert-alkyl or cyclic N) is 1. The number of aliphatic hydroxyl groups is 1. The molecule has 1 aliphatic rings. The first-order chi connectivity index (χ1) is 12.3. The molecular formula is C17H18N4O4S. The van der Waals surface area contributed by atoms with Gasteiger partial charge in [-0.3, -0.25) is 4.98 Å². The molecule has 1 fully saturated rings. The normalized spacial score (nSPS) is 21.5. The van der Waals surface area contributed by atoms with Gasteiger partial charge in [0.2, 0.25) is 10.0 Å². The third kappa shape index (κ3) is 2.68. The molecule has 2 aromatic heterocycles. The lowest BCUT2D eigenvalue weighted by Crippen LogP contribution is -2.34. The van der Waals surface area contributed by atoms with Crippen LogP contribution in [0.4, 0.5) is 0 Å². The number of rotatable bonds is 3. The van der Waals surface area contributed by atoms with Crippen LogP contribution in [-0.4, -0.2) is 46.0 Å². The van der Waals surface area contributed by atoms with E-state index in [1.807, 2.05) is 19.1 Å². The van der Waals surface area contributed by atoms with Crippen molar-refractivity contribution in [1.82, 2.24) is 19.4 Å². The zero-order chi connectivity index (χ0) is 18.5. The lowest BCUT2D eigenvalue weighted by molar-refractivity contribution is 0.0194. The minimum absolute atomic E-state index is 0.0411. The summed E-state index contributed by atoms with van der Waals surface area (Å²) < 4.78 is 32.6. The predicted molar refractivity (Wildman–Crippen MR) is 92.8 cm³/mol. The first-order valence-electron chi connectivity index (χ1n) is 8.18. The summed E-state index contributed by atoms with van der Waals surface area (Å²) in [5.74, 6) is 0.433. The van der Waals surface area contributed by atoms with Crippen molar-refractivity contribution in [2.45, 2.75) is 30.8 Å². The molecule has 0 aliphatic carbocycles. The summed E-state index contributed by atoms with van der Waals surface area (Å²) in [5, 5.41) is 15.2. The predicted octanol–water partition coefficient (Wildman–Crippen LogP) is 1.52. The Bertz CT molecular complexity index is 1100. The monoisotopic (exact) mass is 374 g/mol. The highest BCUT2D eigenvalue weighted by atomic mass is 32.2. The summed E-state index contributed by atoms with van der Waals surface area (Å²) in [7, 11) is -3.83. The summed E-state index contributed by atoms with van der Waals surface area (Å²) in [4.78, 5) is 8.48. The second-order valence-corrected chi connectivity index (χ2v) is 8.51. The van der Waals surface area contributed by atoms with Crippen molar-refractivity contribution >= 4 is 20.9 Å². The highest BCUT2D eigenvalue weighted by molar-refractivity contribution is 7.89. The quantitative estimate of drug-likeness (QED) is 0.740. The maximum Gasteiger partial charge on any atom is 0.260 e. The second-order valence-electron chi connectivity index (χ2n) is 6.61. The summed E-state index contributed by atoms with van der Waals surface area (Å²) in [5.41, 5.74) is -0.111. The number of para-hydroxylation sites is 1. The Morgan fingerprint density at radius 2 is 2.12 bits per heavy atom. The van der Waals surface area contributed by atoms with Crippen LogP contribution in [0.1, 0.15) is 23.7 Å². The molecule has 1 atom stereocenters. The van der Waals surface area contributed by atoms with E-state index < -0.39 is 15.6 Å². The fourth-order valence-electron chi connectivity index (χ4n) is 3.22. The van der Waals surface area contributed by atoms with Crippen molar-refractivity contribution in [2.75, 3.05) is 13.1 Å². The smallest absolute Gasteiger partial charge is 0.260 e. The van der Waals surface area contributed by atoms with Gasteiger partial charge in [-0.2, -0.15) is 9.29 Å². The molecule has 0 unspecified atom stereocenters. The number of hydrogen-bond donors (Lipinski definition) is 1. The molecule has 1 saturated heterocycles. The van der Waals surface area contributed by atoms with Gasteiger partial charge >= 0.3 is 0 Å². The summed E-state index contributed by atoms with van der Waals surface area (Å²) >= 11 is 0. The zero-order valence-corrected chi connectivity index (χ0v) is 15.2. The number of pyridine rings is 1. The number of sulfonamides is 1. The fourth-order valence-corrected chi connectivity index (χ4v) is 4.87. The minimum atomic E-state index is -3.83. The highest BCUT2D eigenvalue weighted by Crippen LogP contribution is 2.35. The Kier molecular flexibility index (Phi) is 3.83. The molecule has 3 heterocycles. The largest absolute Gasteiger partial charge is 0.379 e. The Morgan fingerprint density at radius 3 is 2.85 bits per heavy atom. The molecule has 0 bridgehead atoms. The van der Waals surface area contributed by atoms with Crippen LogP contribution in [-0.2, 0) is 15.6 Å². The molecule has 0 saturated carbocycles. The van der Waals surface area contributed by atoms with Crippen LogP contribution in [0.2, 0.25) is 0 Å². The van der Waals surface area contributed by atoms with Gasteiger partial charge in [-0.25, -0.2) is 8.42 Å². The number of aryl methyl sites for hydroxylation is 2. The van der Waals surface area contributed by atoms with Crippen molar-refractivity contribution in [3.63, 3.8) is 0 Å². The lowest BCUT2D eigenvalue weighted by Gasteiger charge is -2.20. The van der Waals surface area contributed by atoms with Gasteiger partial charge in [0.15, 0.2) is 11.4 Å². The van der Waals surface area contributed by atoms with Crippen molar-refractivity contribution in [1.29, 1.82) is 0 Å². The van der Waals surface area contributed by atoms with E-state index in [1.165, 1.54) is 10.4 Å². The molecule has 1 aliphatic heterocycles. The first kappa shape index (κ1) is 17.1. The molecule has 0 amide bonds. The Morgan fingerprint density at radius 1 is 1.31 bits per heavy atom. The molecule has 8 nitrogen and oxygen atoms in total. The summed E-state index contributed by atoms with van der Waals surface area (Å²) in [6, 6.07) is 6.95. The van der Waals surface area contributed by atoms with E-state index in [1.54, 1.807) is 19.2 Å². The van der Waals surface area contributed by atoms with Gasteiger partial charge < -0.3 is 9.63 Å². The number of hydrogen-bond acceptors (Lipinski definition) is 7. The standard InChI is InChI=1S/C17H18N4O4S/c1-11-8-13-4-3-5-14(15(13)18-9-11)26(23,24)21-7-6-17(22,10-21)16-19-12(2)20-25-16/h3-5,8-9,22H,6-7,10H2,1-2H3/t17-/m0/s1. The maximum atomic E-state index is 13.2. The van der Waals surface area contributed by atoms with Gasteiger partial charge in [0.1, 0.15) is 4.90 Å². The van der Waals surface area contributed by atoms with Crippen LogP contribution in [0.25, 0.3) is 10.9 Å². The maximum absolute atomic E-state index is 13.2. The van der Waals surface area contributed by atoms with Crippen molar-refractivity contribution < 1.29 is 18.0 Å². The average Bonchev–Trinajstić information content (AvgIpc) is 3.21. The zero-order valence-electron chi connectivity index (χ0n) is 14.4. The lowest BCUT2D eigenvalue weighted by atomic mass is 10.0. The van der Waals surface area contributed by atoms with E-state index in [0.717, 1.165) is 10.9 Å². The SMILES string of the molecule is Cc1cnc2c(S(=O)(=O)N3CC[C@@](O)(c4nc(C)no4)C3)cccc2c1. The third-order valence-corrected chi connectivity index (χ3v) is 6.44. The van der Waals surface area contributed by atoms with Gasteiger partial charge in [-0.05, 0) is 31.5 Å². The molecule has 26 heavy (non-hydrogen) atoms. The Labute approximate surface area is 150 Å². The van der Waals surface area contributed by atoms with E-state index >= 15 is 0 Å². The number of fused-ring (bicyclic) bond motifs is 1. The first-order valence-corrected chi connectivity index (χ1v) is 9.62. The van der Waals surface area contributed by atoms with E-state index in [4.69, 9.17) is 4.52 Å². The van der Waals surface area contributed by atoms with Crippen molar-refractivity contribution in [3.8, 4) is 0 Å². The fraction of sp³-hybridized carbons (Fsp3) is 0.353. The van der Waals surface area contributed by atoms with Crippen LogP contribution < -0.4 is 0 Å². The Hall–Kier alpha value is -2.36. The van der Waals surface area contributed by atoms with E-state index in [9.17, 15) is 13.5 Å². The third-order valence-electron chi connectivity index (χ3n) is 4.57. The molecule has 1 N–H and O–H groups in total. The van der Waals surface area contributed by atoms with E-state index in [0.29, 0.717) is 11.3 Å². The van der Waals surface area contributed by atoms with E-state index in [-0.39, 0.29) is 30.3 Å². The Balaban J connectivity index is 1.72. The summed E-state index contributed by atoms with van der Waals surface area (Å²) in [6.45, 7) is 3.56. The number of aromatic nitrogens is 3. The van der Waals surface area contributed by atoms with Gasteiger partial charge in [0.05, 0.1) is 12.1 Å². The topological polar surface area (TPSA) is 109 Å². The molecule has 136 valence electrons. The molecular weight excluding hydrogens is 356 g/mol. The van der Waals surface area contributed by atoms with Crippen LogP contribution in [0.3, 0.4) is 0 Å². The van der Waals surface area contributed by atoms with Gasteiger partial charge in [0, 0.05) is 24.5 Å². The molecule has 9 heteroatoms. The van der Waals surface area contributed by atoms with E-state index in [2.05, 4.69) is 15.1 Å². The minimum Gasteiger partial charge on any atom is -0.379 e. The van der Waals surface area contributed by atoms with Crippen LogP contribution in [0.5, 0.6) is 0 Å². The van der Waals surface area contributed by atoms with Crippen LogP contribution in [0, 0.1) is 13.8 Å². The molecule has 0 spiro atoms. The average molecular weight is 374 g/mol. The molecule has 3 aromatic rings. The van der Waals surface area contributed by atoms with Crippen molar-refractivity contribution in [2.24, 2.45) is 0 Å². The number of nitrogens with zero attached hydrogens (tertiary/aromatic N) is 4. The molecule has 4 rings (SSSR count). The van der Waals surface area contributed by atoms with Gasteiger partial charge in [-0.15, -0.1) is 0 Å².